The monoisotopic (exact) mass is 256 g/mol. The molecule has 0 bridgehead atoms. The van der Waals surface area contributed by atoms with Crippen molar-refractivity contribution in [1.82, 2.24) is 0 Å². The van der Waals surface area contributed by atoms with Crippen molar-refractivity contribution in [3.63, 3.8) is 0 Å². The van der Waals surface area contributed by atoms with Crippen LogP contribution >= 0.6 is 0 Å². The van der Waals surface area contributed by atoms with E-state index >= 15 is 0 Å². The Hall–Kier alpha value is -2.00. The summed E-state index contributed by atoms with van der Waals surface area (Å²) in [4.78, 5) is 0. The van der Waals surface area contributed by atoms with E-state index < -0.39 is 6.10 Å². The lowest BCUT2D eigenvalue weighted by Gasteiger charge is -2.15. The third-order valence-electron chi connectivity index (χ3n) is 3.46. The van der Waals surface area contributed by atoms with Crippen LogP contribution in [0.3, 0.4) is 0 Å². The van der Waals surface area contributed by atoms with Gasteiger partial charge in [-0.1, -0.05) is 24.3 Å². The number of aliphatic hydroxyl groups is 1. The van der Waals surface area contributed by atoms with E-state index in [4.69, 9.17) is 9.47 Å². The van der Waals surface area contributed by atoms with Crippen LogP contribution in [0.1, 0.15) is 22.8 Å². The Bertz CT molecular complexity index is 592. The molecule has 3 nitrogen and oxygen atoms in total. The van der Waals surface area contributed by atoms with Gasteiger partial charge in [-0.15, -0.1) is 0 Å². The highest BCUT2D eigenvalue weighted by atomic mass is 16.5. The van der Waals surface area contributed by atoms with Crippen molar-refractivity contribution >= 4 is 0 Å². The number of hydrogen-bond acceptors (Lipinski definition) is 3. The molecule has 3 rings (SSSR count). The average molecular weight is 256 g/mol. The molecule has 0 aromatic heterocycles. The number of benzene rings is 2. The molecular weight excluding hydrogens is 240 g/mol. The fourth-order valence-electron chi connectivity index (χ4n) is 2.45. The molecule has 0 fully saturated rings. The van der Waals surface area contributed by atoms with Gasteiger partial charge >= 0.3 is 0 Å². The molecule has 0 amide bonds. The normalized spacial score (nSPS) is 14.6. The predicted molar refractivity (Wildman–Crippen MR) is 72.7 cm³/mol. The highest BCUT2D eigenvalue weighted by molar-refractivity contribution is 5.45. The minimum atomic E-state index is -0.679. The fraction of sp³-hybridized carbons (Fsp3) is 0.250. The van der Waals surface area contributed by atoms with Gasteiger partial charge in [-0.2, -0.15) is 0 Å². The SMILES string of the molecule is COc1ccccc1C(O)c1ccc2c(c1)CCO2. The first-order chi connectivity index (χ1) is 9.29. The largest absolute Gasteiger partial charge is 0.496 e. The van der Waals surface area contributed by atoms with Crippen LogP contribution in [-0.4, -0.2) is 18.8 Å². The summed E-state index contributed by atoms with van der Waals surface area (Å²) in [5, 5.41) is 10.5. The fourth-order valence-corrected chi connectivity index (χ4v) is 2.45. The second-order valence-electron chi connectivity index (χ2n) is 4.61. The van der Waals surface area contributed by atoms with Gasteiger partial charge in [0.2, 0.25) is 0 Å². The highest BCUT2D eigenvalue weighted by Gasteiger charge is 2.18. The van der Waals surface area contributed by atoms with E-state index in [1.54, 1.807) is 7.11 Å². The number of methoxy groups -OCH3 is 1. The maximum Gasteiger partial charge on any atom is 0.125 e. The molecular formula is C16H16O3. The van der Waals surface area contributed by atoms with E-state index in [0.29, 0.717) is 5.75 Å². The van der Waals surface area contributed by atoms with Gasteiger partial charge in [0, 0.05) is 12.0 Å². The zero-order valence-corrected chi connectivity index (χ0v) is 10.8. The second kappa shape index (κ2) is 4.94. The summed E-state index contributed by atoms with van der Waals surface area (Å²) in [6, 6.07) is 13.4. The Balaban J connectivity index is 1.97. The van der Waals surface area contributed by atoms with Gasteiger partial charge in [-0.3, -0.25) is 0 Å². The topological polar surface area (TPSA) is 38.7 Å². The lowest BCUT2D eigenvalue weighted by molar-refractivity contribution is 0.214. The van der Waals surface area contributed by atoms with Gasteiger partial charge in [0.25, 0.3) is 0 Å². The molecule has 0 aliphatic carbocycles. The molecule has 1 heterocycles. The Labute approximate surface area is 112 Å². The van der Waals surface area contributed by atoms with E-state index in [-0.39, 0.29) is 0 Å². The molecule has 1 aliphatic heterocycles. The van der Waals surface area contributed by atoms with Gasteiger partial charge < -0.3 is 14.6 Å². The lowest BCUT2D eigenvalue weighted by atomic mass is 9.98. The summed E-state index contributed by atoms with van der Waals surface area (Å²) in [5.74, 6) is 1.63. The number of fused-ring (bicyclic) bond motifs is 1. The molecule has 0 radical (unpaired) electrons. The van der Waals surface area contributed by atoms with Crippen LogP contribution < -0.4 is 9.47 Å². The van der Waals surface area contributed by atoms with Gasteiger partial charge in [0.05, 0.1) is 13.7 Å². The minimum absolute atomic E-state index is 0.679. The van der Waals surface area contributed by atoms with Gasteiger partial charge in [0.1, 0.15) is 17.6 Å². The van der Waals surface area contributed by atoms with Crippen molar-refractivity contribution in [2.75, 3.05) is 13.7 Å². The number of rotatable bonds is 3. The molecule has 1 aliphatic rings. The van der Waals surface area contributed by atoms with E-state index in [2.05, 4.69) is 0 Å². The number of ether oxygens (including phenoxy) is 2. The standard InChI is InChI=1S/C16H16O3/c1-18-15-5-3-2-4-13(15)16(17)12-6-7-14-11(10-12)8-9-19-14/h2-7,10,16-17H,8-9H2,1H3. The highest BCUT2D eigenvalue weighted by Crippen LogP contribution is 2.33. The third kappa shape index (κ3) is 2.17. The molecule has 0 saturated heterocycles. The third-order valence-corrected chi connectivity index (χ3v) is 3.46. The van der Waals surface area contributed by atoms with Crippen LogP contribution in [0.2, 0.25) is 0 Å². The average Bonchev–Trinajstić information content (AvgIpc) is 2.93. The first-order valence-corrected chi connectivity index (χ1v) is 6.36. The minimum Gasteiger partial charge on any atom is -0.496 e. The van der Waals surface area contributed by atoms with Crippen LogP contribution in [0.15, 0.2) is 42.5 Å². The Morgan fingerprint density at radius 3 is 2.89 bits per heavy atom. The second-order valence-corrected chi connectivity index (χ2v) is 4.61. The maximum absolute atomic E-state index is 10.5. The summed E-state index contributed by atoms with van der Waals surface area (Å²) >= 11 is 0. The Kier molecular flexibility index (Phi) is 3.13. The molecule has 98 valence electrons. The summed E-state index contributed by atoms with van der Waals surface area (Å²) in [5.41, 5.74) is 2.81. The predicted octanol–water partition coefficient (Wildman–Crippen LogP) is 2.71. The van der Waals surface area contributed by atoms with Crippen molar-refractivity contribution in [3.05, 3.63) is 59.2 Å². The van der Waals surface area contributed by atoms with E-state index in [1.165, 1.54) is 0 Å². The molecule has 1 unspecified atom stereocenters. The van der Waals surface area contributed by atoms with Gasteiger partial charge in [0.15, 0.2) is 0 Å². The molecule has 2 aromatic rings. The van der Waals surface area contributed by atoms with Crippen molar-refractivity contribution in [2.45, 2.75) is 12.5 Å². The summed E-state index contributed by atoms with van der Waals surface area (Å²) < 4.78 is 10.8. The van der Waals surface area contributed by atoms with Gasteiger partial charge in [-0.05, 0) is 29.3 Å². The molecule has 2 aromatic carbocycles. The van der Waals surface area contributed by atoms with Crippen LogP contribution in [-0.2, 0) is 6.42 Å². The summed E-state index contributed by atoms with van der Waals surface area (Å²) in [6.45, 7) is 0.726. The number of para-hydroxylation sites is 1. The van der Waals surface area contributed by atoms with Crippen LogP contribution in [0.25, 0.3) is 0 Å². The zero-order chi connectivity index (χ0) is 13.2. The number of hydrogen-bond donors (Lipinski definition) is 1. The first-order valence-electron chi connectivity index (χ1n) is 6.36. The molecule has 3 heteroatoms. The first kappa shape index (κ1) is 12.1. The molecule has 0 spiro atoms. The maximum atomic E-state index is 10.5. The van der Waals surface area contributed by atoms with Crippen molar-refractivity contribution in [2.24, 2.45) is 0 Å². The van der Waals surface area contributed by atoms with Crippen molar-refractivity contribution in [1.29, 1.82) is 0 Å². The molecule has 0 saturated carbocycles. The van der Waals surface area contributed by atoms with Crippen LogP contribution in [0.4, 0.5) is 0 Å². The van der Waals surface area contributed by atoms with Crippen LogP contribution in [0, 0.1) is 0 Å². The molecule has 1 atom stereocenters. The van der Waals surface area contributed by atoms with E-state index in [9.17, 15) is 5.11 Å². The van der Waals surface area contributed by atoms with Crippen molar-refractivity contribution in [3.8, 4) is 11.5 Å². The molecule has 19 heavy (non-hydrogen) atoms. The zero-order valence-electron chi connectivity index (χ0n) is 10.8. The van der Waals surface area contributed by atoms with E-state index in [1.807, 2.05) is 42.5 Å². The Morgan fingerprint density at radius 2 is 2.05 bits per heavy atom. The summed E-state index contributed by atoms with van der Waals surface area (Å²) in [6.07, 6.45) is 0.226. The molecule has 1 N–H and O–H groups in total. The smallest absolute Gasteiger partial charge is 0.125 e. The van der Waals surface area contributed by atoms with Crippen LogP contribution in [0.5, 0.6) is 11.5 Å². The number of aliphatic hydroxyl groups excluding tert-OH is 1. The lowest BCUT2D eigenvalue weighted by Crippen LogP contribution is -2.02. The summed E-state index contributed by atoms with van der Waals surface area (Å²) in [7, 11) is 1.61. The quantitative estimate of drug-likeness (QED) is 0.917. The van der Waals surface area contributed by atoms with Gasteiger partial charge in [-0.25, -0.2) is 0 Å². The van der Waals surface area contributed by atoms with Crippen molar-refractivity contribution < 1.29 is 14.6 Å². The van der Waals surface area contributed by atoms with E-state index in [0.717, 1.165) is 35.5 Å². The Morgan fingerprint density at radius 1 is 1.21 bits per heavy atom.